The van der Waals surface area contributed by atoms with Crippen LogP contribution in [-0.2, 0) is 10.3 Å². The Morgan fingerprint density at radius 2 is 1.50 bits per heavy atom. The van der Waals surface area contributed by atoms with E-state index in [4.69, 9.17) is 28.0 Å². The Kier molecular flexibility index (Phi) is 12.0. The maximum Gasteiger partial charge on any atom is 1.00 e. The van der Waals surface area contributed by atoms with Crippen molar-refractivity contribution < 1.29 is 57.5 Å². The summed E-state index contributed by atoms with van der Waals surface area (Å²) >= 11 is 0. The molecule has 0 aliphatic carbocycles. The van der Waals surface area contributed by atoms with Gasteiger partial charge in [-0.15, -0.1) is 0 Å². The summed E-state index contributed by atoms with van der Waals surface area (Å²) in [5.74, 6) is 0. The van der Waals surface area contributed by atoms with Crippen LogP contribution in [0.2, 0.25) is 0 Å². The zero-order valence-electron chi connectivity index (χ0n) is 5.01. The molecular formula is CH4NNaO6S. The predicted octanol–water partition coefficient (Wildman–Crippen LogP) is -5.36. The molecule has 0 aromatic carbocycles. The Hall–Kier alpha value is 0.140. The van der Waals surface area contributed by atoms with Crippen molar-refractivity contribution in [3.63, 3.8) is 0 Å². The van der Waals surface area contributed by atoms with E-state index in [9.17, 15) is 0 Å². The Labute approximate surface area is 79.0 Å². The van der Waals surface area contributed by atoms with Gasteiger partial charge >= 0.3 is 39.9 Å². The normalized spacial score (nSPS) is 8.20. The zero-order valence-corrected chi connectivity index (χ0v) is 7.83. The quantitative estimate of drug-likeness (QED) is 0.251. The molecule has 0 rings (SSSR count). The molecule has 0 aliphatic heterocycles. The molecule has 7 nitrogen and oxygen atoms in total. The molecule has 0 heterocycles. The van der Waals surface area contributed by atoms with Crippen LogP contribution in [0.1, 0.15) is 0 Å². The minimum Gasteiger partial charge on any atom is -0.565 e. The summed E-state index contributed by atoms with van der Waals surface area (Å²) in [6.45, 7) is 0. The van der Waals surface area contributed by atoms with Crippen molar-refractivity contribution in [2.75, 3.05) is 0 Å². The van der Waals surface area contributed by atoms with E-state index in [0.29, 0.717) is 0 Å². The van der Waals surface area contributed by atoms with E-state index >= 15 is 0 Å². The first-order valence-corrected chi connectivity index (χ1v) is 2.89. The third kappa shape index (κ3) is 21200. The van der Waals surface area contributed by atoms with E-state index in [1.807, 2.05) is 0 Å². The number of rotatable bonds is 0. The summed E-state index contributed by atoms with van der Waals surface area (Å²) in [6, 6.07) is 0. The molecule has 9 heteroatoms. The first kappa shape index (κ1) is 16.6. The van der Waals surface area contributed by atoms with E-state index in [0.717, 1.165) is 0 Å². The molecule has 0 amide bonds. The summed E-state index contributed by atoms with van der Waals surface area (Å²) < 4.78 is 25.2. The smallest absolute Gasteiger partial charge is 0.565 e. The van der Waals surface area contributed by atoms with Crippen LogP contribution in [0.4, 0.5) is 4.79 Å². The Bertz CT molecular complexity index is 160. The van der Waals surface area contributed by atoms with Crippen LogP contribution in [0, 0.1) is 0 Å². The fourth-order valence-electron chi connectivity index (χ4n) is 0. The van der Waals surface area contributed by atoms with Gasteiger partial charge in [0.1, 0.15) is 0 Å². The van der Waals surface area contributed by atoms with Crippen molar-refractivity contribution >= 4 is 16.5 Å². The fourth-order valence-corrected chi connectivity index (χ4v) is 0. The molecule has 10 heavy (non-hydrogen) atoms. The van der Waals surface area contributed by atoms with E-state index in [-0.39, 0.29) is 29.6 Å². The number of carboxylic acid groups (broad SMARTS) is 2. The largest absolute Gasteiger partial charge is 1.00 e. The van der Waals surface area contributed by atoms with Crippen LogP contribution in [0.3, 0.4) is 0 Å². The van der Waals surface area contributed by atoms with Gasteiger partial charge in [-0.3, -0.25) is 4.55 Å². The average Bonchev–Trinajstić information content (AvgIpc) is 1.19. The third-order valence-electron chi connectivity index (χ3n) is 0. The maximum atomic E-state index is 8.97. The van der Waals surface area contributed by atoms with Crippen molar-refractivity contribution in [3.8, 4) is 0 Å². The Morgan fingerprint density at radius 1 is 1.50 bits per heavy atom. The molecule has 4 N–H and O–H groups in total. The molecule has 0 spiro atoms. The standard InChI is InChI=1S/CH2O3.H3NO3S.Na/c2-1(3)4;1-5(2,3)4;/h(H2,2,3,4);(H3,1,2,3,4);/q;;+1/p-1. The van der Waals surface area contributed by atoms with Crippen LogP contribution in [-0.4, -0.2) is 24.2 Å². The van der Waals surface area contributed by atoms with Crippen LogP contribution in [0.25, 0.3) is 0 Å². The van der Waals surface area contributed by atoms with Gasteiger partial charge in [-0.25, -0.2) is 5.14 Å². The van der Waals surface area contributed by atoms with E-state index in [1.54, 1.807) is 0 Å². The van der Waals surface area contributed by atoms with E-state index in [1.165, 1.54) is 0 Å². The monoisotopic (exact) mass is 181 g/mol. The van der Waals surface area contributed by atoms with Gasteiger partial charge in [0.25, 0.3) is 0 Å². The van der Waals surface area contributed by atoms with Gasteiger partial charge in [-0.1, -0.05) is 0 Å². The second-order valence-corrected chi connectivity index (χ2v) is 1.81. The molecule has 0 aromatic rings. The molecule has 0 radical (unpaired) electrons. The molecule has 0 fully saturated rings. The van der Waals surface area contributed by atoms with Crippen molar-refractivity contribution in [3.05, 3.63) is 0 Å². The maximum absolute atomic E-state index is 8.97. The molecule has 0 bridgehead atoms. The van der Waals surface area contributed by atoms with Gasteiger partial charge < -0.3 is 15.0 Å². The van der Waals surface area contributed by atoms with Gasteiger partial charge in [0.05, 0.1) is 0 Å². The van der Waals surface area contributed by atoms with Crippen LogP contribution in [0.15, 0.2) is 0 Å². The van der Waals surface area contributed by atoms with Gasteiger partial charge in [0, 0.05) is 0 Å². The SMILES string of the molecule is NS(=O)(=O)O.O=C([O-])O.[Na+]. The summed E-state index contributed by atoms with van der Waals surface area (Å²) in [5.41, 5.74) is 0. The van der Waals surface area contributed by atoms with Crippen LogP contribution >= 0.6 is 0 Å². The first-order valence-electron chi connectivity index (χ1n) is 1.38. The van der Waals surface area contributed by atoms with E-state index in [2.05, 4.69) is 5.14 Å². The molecule has 0 saturated carbocycles. The Balaban J connectivity index is -0.0000000910. The molecule has 0 atom stereocenters. The topological polar surface area (TPSA) is 141 Å². The van der Waals surface area contributed by atoms with E-state index < -0.39 is 16.5 Å². The van der Waals surface area contributed by atoms with Crippen molar-refractivity contribution in [1.82, 2.24) is 0 Å². The molecule has 56 valence electrons. The van der Waals surface area contributed by atoms with Gasteiger partial charge in [-0.2, -0.15) is 8.42 Å². The summed E-state index contributed by atoms with van der Waals surface area (Å²) in [4.78, 5) is 8.44. The molecular weight excluding hydrogens is 177 g/mol. The second-order valence-electron chi connectivity index (χ2n) is 0.781. The molecule has 0 aliphatic rings. The van der Waals surface area contributed by atoms with Crippen LogP contribution in [0.5, 0.6) is 0 Å². The number of hydrogen-bond donors (Lipinski definition) is 3. The van der Waals surface area contributed by atoms with Gasteiger partial charge in [0.2, 0.25) is 6.16 Å². The average molecular weight is 181 g/mol. The van der Waals surface area contributed by atoms with Crippen molar-refractivity contribution in [2.24, 2.45) is 5.14 Å². The third-order valence-corrected chi connectivity index (χ3v) is 0. The minimum atomic E-state index is -4.17. The minimum absolute atomic E-state index is 0. The molecule has 0 saturated heterocycles. The molecule has 0 aromatic heterocycles. The zero-order chi connectivity index (χ0) is 8.08. The predicted molar refractivity (Wildman–Crippen MR) is 23.8 cm³/mol. The summed E-state index contributed by atoms with van der Waals surface area (Å²) in [6.07, 6.45) is -2.08. The van der Waals surface area contributed by atoms with Crippen molar-refractivity contribution in [1.29, 1.82) is 0 Å². The molecule has 0 unspecified atom stereocenters. The number of hydrogen-bond acceptors (Lipinski definition) is 4. The second kappa shape index (κ2) is 7.25. The van der Waals surface area contributed by atoms with Gasteiger partial charge in [0.15, 0.2) is 0 Å². The first-order chi connectivity index (χ1) is 3.73. The number of nitrogens with two attached hydrogens (primary N) is 1. The Morgan fingerprint density at radius 3 is 1.50 bits per heavy atom. The van der Waals surface area contributed by atoms with Crippen molar-refractivity contribution in [2.45, 2.75) is 0 Å². The fraction of sp³-hybridized carbons (Fsp3) is 0. The van der Waals surface area contributed by atoms with Gasteiger partial charge in [-0.05, 0) is 0 Å². The summed E-state index contributed by atoms with van der Waals surface area (Å²) in [5, 5.41) is 19.2. The number of carbonyl (C=O) groups is 1. The van der Waals surface area contributed by atoms with Crippen LogP contribution < -0.4 is 39.8 Å². The summed E-state index contributed by atoms with van der Waals surface area (Å²) in [7, 11) is -4.17.